The third kappa shape index (κ3) is 5.10. The van der Waals surface area contributed by atoms with Crippen LogP contribution in [0, 0.1) is 11.6 Å². The molecule has 0 unspecified atom stereocenters. The molecule has 112 valence electrons. The Labute approximate surface area is 116 Å². The fraction of sp³-hybridized carbons (Fsp3) is 0.462. The summed E-state index contributed by atoms with van der Waals surface area (Å²) in [6, 6.07) is 1.57. The minimum atomic E-state index is -1.11. The second-order valence-electron chi connectivity index (χ2n) is 4.53. The highest BCUT2D eigenvalue weighted by Gasteiger charge is 2.13. The van der Waals surface area contributed by atoms with E-state index < -0.39 is 17.5 Å². The largest absolute Gasteiger partial charge is 0.398 e. The number of nitrogens with one attached hydrogen (secondary N) is 1. The van der Waals surface area contributed by atoms with Crippen LogP contribution in [-0.4, -0.2) is 51.2 Å². The fourth-order valence-electron chi connectivity index (χ4n) is 1.44. The standard InChI is InChI=1S/C13H19F2N3O2/c1-18(2)4-6-20-5-3-17-13(19)9-7-10(14)11(15)8-12(9)16/h7-8H,3-6,16H2,1-2H3,(H,17,19). The van der Waals surface area contributed by atoms with Crippen molar-refractivity contribution in [2.45, 2.75) is 0 Å². The Kier molecular flexibility index (Phi) is 6.33. The summed E-state index contributed by atoms with van der Waals surface area (Å²) in [4.78, 5) is 13.7. The Morgan fingerprint density at radius 3 is 2.60 bits per heavy atom. The molecule has 0 saturated heterocycles. The van der Waals surface area contributed by atoms with Gasteiger partial charge in [0.05, 0.1) is 18.8 Å². The molecule has 1 rings (SSSR count). The maximum absolute atomic E-state index is 13.0. The molecule has 0 atom stereocenters. The van der Waals surface area contributed by atoms with E-state index in [1.807, 2.05) is 19.0 Å². The van der Waals surface area contributed by atoms with Gasteiger partial charge in [-0.25, -0.2) is 8.78 Å². The van der Waals surface area contributed by atoms with Crippen molar-refractivity contribution < 1.29 is 18.3 Å². The lowest BCUT2D eigenvalue weighted by Crippen LogP contribution is -2.29. The molecular formula is C13H19F2N3O2. The molecule has 7 heteroatoms. The van der Waals surface area contributed by atoms with Crippen LogP contribution in [0.25, 0.3) is 0 Å². The average molecular weight is 287 g/mol. The zero-order valence-corrected chi connectivity index (χ0v) is 11.6. The molecule has 0 spiro atoms. The predicted molar refractivity (Wildman–Crippen MR) is 72.5 cm³/mol. The van der Waals surface area contributed by atoms with E-state index in [4.69, 9.17) is 10.5 Å². The molecule has 0 fully saturated rings. The lowest BCUT2D eigenvalue weighted by molar-refractivity contribution is 0.0900. The lowest BCUT2D eigenvalue weighted by atomic mass is 10.1. The van der Waals surface area contributed by atoms with Gasteiger partial charge in [0.25, 0.3) is 5.91 Å². The summed E-state index contributed by atoms with van der Waals surface area (Å²) in [6.45, 7) is 1.94. The van der Waals surface area contributed by atoms with Crippen LogP contribution in [0.4, 0.5) is 14.5 Å². The van der Waals surface area contributed by atoms with Gasteiger partial charge in [-0.2, -0.15) is 0 Å². The second kappa shape index (κ2) is 7.76. The number of halogens is 2. The molecule has 0 radical (unpaired) electrons. The summed E-state index contributed by atoms with van der Waals surface area (Å²) in [5.74, 6) is -2.74. The van der Waals surface area contributed by atoms with Crippen LogP contribution in [0.5, 0.6) is 0 Å². The first-order valence-electron chi connectivity index (χ1n) is 6.17. The van der Waals surface area contributed by atoms with Crippen LogP contribution in [0.15, 0.2) is 12.1 Å². The van der Waals surface area contributed by atoms with E-state index in [0.717, 1.165) is 18.7 Å². The fourth-order valence-corrected chi connectivity index (χ4v) is 1.44. The van der Waals surface area contributed by atoms with Crippen molar-refractivity contribution in [2.75, 3.05) is 46.1 Å². The topological polar surface area (TPSA) is 67.6 Å². The zero-order valence-electron chi connectivity index (χ0n) is 11.6. The molecule has 1 aromatic carbocycles. The molecule has 5 nitrogen and oxygen atoms in total. The van der Waals surface area contributed by atoms with Crippen LogP contribution >= 0.6 is 0 Å². The summed E-state index contributed by atoms with van der Waals surface area (Å²) in [7, 11) is 3.86. The van der Waals surface area contributed by atoms with Crippen molar-refractivity contribution in [1.82, 2.24) is 10.2 Å². The summed E-state index contributed by atoms with van der Waals surface area (Å²) in [5.41, 5.74) is 5.28. The Hall–Kier alpha value is -1.73. The predicted octanol–water partition coefficient (Wildman–Crippen LogP) is 0.855. The number of carbonyl (C=O) groups is 1. The van der Waals surface area contributed by atoms with Crippen molar-refractivity contribution in [1.29, 1.82) is 0 Å². The van der Waals surface area contributed by atoms with Crippen LogP contribution in [0.2, 0.25) is 0 Å². The number of nitrogen functional groups attached to an aromatic ring is 1. The van der Waals surface area contributed by atoms with Gasteiger partial charge in [0.15, 0.2) is 11.6 Å². The quantitative estimate of drug-likeness (QED) is 0.576. The van der Waals surface area contributed by atoms with Gasteiger partial charge >= 0.3 is 0 Å². The summed E-state index contributed by atoms with van der Waals surface area (Å²) in [5, 5.41) is 2.53. The lowest BCUT2D eigenvalue weighted by Gasteiger charge is -2.11. The zero-order chi connectivity index (χ0) is 15.1. The number of likely N-dealkylation sites (N-methyl/N-ethyl adjacent to an activating group) is 1. The molecular weight excluding hydrogens is 268 g/mol. The first-order chi connectivity index (χ1) is 9.41. The minimum absolute atomic E-state index is 0.0859. The first kappa shape index (κ1) is 16.3. The van der Waals surface area contributed by atoms with Gasteiger partial charge in [-0.3, -0.25) is 4.79 Å². The molecule has 0 saturated carbocycles. The van der Waals surface area contributed by atoms with Gasteiger partial charge in [0.2, 0.25) is 0 Å². The number of ether oxygens (including phenoxy) is 1. The van der Waals surface area contributed by atoms with Crippen LogP contribution in [0.1, 0.15) is 10.4 Å². The van der Waals surface area contributed by atoms with Crippen LogP contribution in [-0.2, 0) is 4.74 Å². The number of nitrogens with zero attached hydrogens (tertiary/aromatic N) is 1. The first-order valence-corrected chi connectivity index (χ1v) is 6.17. The van der Waals surface area contributed by atoms with Gasteiger partial charge in [-0.05, 0) is 20.2 Å². The number of amides is 1. The second-order valence-corrected chi connectivity index (χ2v) is 4.53. The van der Waals surface area contributed by atoms with E-state index >= 15 is 0 Å². The third-order valence-corrected chi connectivity index (χ3v) is 2.55. The molecule has 20 heavy (non-hydrogen) atoms. The SMILES string of the molecule is CN(C)CCOCCNC(=O)c1cc(F)c(F)cc1N. The van der Waals surface area contributed by atoms with Crippen LogP contribution in [0.3, 0.4) is 0 Å². The van der Waals surface area contributed by atoms with Gasteiger partial charge in [-0.1, -0.05) is 0 Å². The minimum Gasteiger partial charge on any atom is -0.398 e. The van der Waals surface area contributed by atoms with E-state index in [9.17, 15) is 13.6 Å². The number of rotatable bonds is 7. The number of anilines is 1. The van der Waals surface area contributed by atoms with Gasteiger partial charge in [-0.15, -0.1) is 0 Å². The van der Waals surface area contributed by atoms with Gasteiger partial charge < -0.3 is 20.7 Å². The number of benzene rings is 1. The molecule has 1 amide bonds. The monoisotopic (exact) mass is 287 g/mol. The van der Waals surface area contributed by atoms with Gasteiger partial charge in [0, 0.05) is 24.8 Å². The summed E-state index contributed by atoms with van der Waals surface area (Å²) in [6.07, 6.45) is 0. The summed E-state index contributed by atoms with van der Waals surface area (Å²) >= 11 is 0. The molecule has 0 heterocycles. The third-order valence-electron chi connectivity index (χ3n) is 2.55. The highest BCUT2D eigenvalue weighted by atomic mass is 19.2. The highest BCUT2D eigenvalue weighted by Crippen LogP contribution is 2.16. The van der Waals surface area contributed by atoms with E-state index in [1.165, 1.54) is 0 Å². The Balaban J connectivity index is 2.38. The summed E-state index contributed by atoms with van der Waals surface area (Å²) < 4.78 is 31.2. The number of carbonyl (C=O) groups excluding carboxylic acids is 1. The smallest absolute Gasteiger partial charge is 0.253 e. The van der Waals surface area contributed by atoms with E-state index in [-0.39, 0.29) is 17.8 Å². The van der Waals surface area contributed by atoms with Crippen molar-refractivity contribution in [3.63, 3.8) is 0 Å². The molecule has 3 N–H and O–H groups in total. The average Bonchev–Trinajstić information content (AvgIpc) is 2.37. The Bertz CT molecular complexity index is 467. The van der Waals surface area contributed by atoms with Crippen LogP contribution < -0.4 is 11.1 Å². The van der Waals surface area contributed by atoms with Gasteiger partial charge in [0.1, 0.15) is 0 Å². The van der Waals surface area contributed by atoms with E-state index in [0.29, 0.717) is 13.2 Å². The number of nitrogens with two attached hydrogens (primary N) is 1. The van der Waals surface area contributed by atoms with E-state index in [1.54, 1.807) is 0 Å². The molecule has 0 aliphatic carbocycles. The van der Waals surface area contributed by atoms with E-state index in [2.05, 4.69) is 5.32 Å². The Morgan fingerprint density at radius 1 is 1.30 bits per heavy atom. The van der Waals surface area contributed by atoms with Crippen molar-refractivity contribution in [2.24, 2.45) is 0 Å². The molecule has 0 aliphatic rings. The number of hydrogen-bond donors (Lipinski definition) is 2. The molecule has 0 bridgehead atoms. The Morgan fingerprint density at radius 2 is 1.95 bits per heavy atom. The highest BCUT2D eigenvalue weighted by molar-refractivity contribution is 5.99. The number of hydrogen-bond acceptors (Lipinski definition) is 4. The molecule has 0 aliphatic heterocycles. The van der Waals surface area contributed by atoms with Crippen molar-refractivity contribution >= 4 is 11.6 Å². The van der Waals surface area contributed by atoms with Crippen molar-refractivity contribution in [3.8, 4) is 0 Å². The maximum Gasteiger partial charge on any atom is 0.253 e. The van der Waals surface area contributed by atoms with Crippen molar-refractivity contribution in [3.05, 3.63) is 29.3 Å². The maximum atomic E-state index is 13.0. The normalized spacial score (nSPS) is 10.8. The molecule has 1 aromatic rings. The molecule has 0 aromatic heterocycles.